The number of esters is 2. The molecule has 3 N–H and O–H groups in total. The van der Waals surface area contributed by atoms with Crippen molar-refractivity contribution in [3.05, 3.63) is 35.9 Å². The number of carbonyl (C=O) groups is 4. The van der Waals surface area contributed by atoms with Crippen LogP contribution in [0.2, 0.25) is 0 Å². The highest BCUT2D eigenvalue weighted by Crippen LogP contribution is 2.63. The van der Waals surface area contributed by atoms with Gasteiger partial charge in [0.1, 0.15) is 11.7 Å². The highest BCUT2D eigenvalue weighted by atomic mass is 16.7. The van der Waals surface area contributed by atoms with E-state index in [4.69, 9.17) is 14.2 Å². The highest BCUT2D eigenvalue weighted by molar-refractivity contribution is 6.40. The summed E-state index contributed by atoms with van der Waals surface area (Å²) in [4.78, 5) is 53.5. The molecule has 0 spiro atoms. The Morgan fingerprint density at radius 2 is 1.69 bits per heavy atom. The smallest absolute Gasteiger partial charge is 0.338 e. The van der Waals surface area contributed by atoms with E-state index in [1.54, 1.807) is 51.1 Å². The lowest BCUT2D eigenvalue weighted by Crippen LogP contribution is -2.78. The van der Waals surface area contributed by atoms with Gasteiger partial charge in [-0.3, -0.25) is 14.4 Å². The molecule has 4 fully saturated rings. The monoisotopic (exact) mass is 544 g/mol. The maximum Gasteiger partial charge on any atom is 0.338 e. The Bertz CT molecular complexity index is 1200. The molecule has 0 amide bonds. The number of aliphatic hydroxyl groups is 3. The first kappa shape index (κ1) is 27.9. The molecular weight excluding hydrogens is 508 g/mol. The van der Waals surface area contributed by atoms with E-state index in [1.807, 2.05) is 0 Å². The van der Waals surface area contributed by atoms with Gasteiger partial charge in [0.15, 0.2) is 0 Å². The fourth-order valence-electron chi connectivity index (χ4n) is 7.83. The Morgan fingerprint density at radius 1 is 1.05 bits per heavy atom. The van der Waals surface area contributed by atoms with E-state index < -0.39 is 94.3 Å². The minimum absolute atomic E-state index is 0.0154. The van der Waals surface area contributed by atoms with Crippen LogP contribution in [-0.2, 0) is 28.6 Å². The lowest BCUT2D eigenvalue weighted by molar-refractivity contribution is -0.355. The number of carbonyl (C=O) groups excluding carboxylic acids is 4. The molecule has 11 atom stereocenters. The molecular formula is C29H36O10. The summed E-state index contributed by atoms with van der Waals surface area (Å²) in [7, 11) is 0. The van der Waals surface area contributed by atoms with Gasteiger partial charge in [0.2, 0.25) is 17.9 Å². The quantitative estimate of drug-likeness (QED) is 0.376. The number of Topliss-reactive ketones (excluding diaryl/α,β-unsaturated/α-hetero) is 2. The number of aliphatic hydroxyl groups excluding tert-OH is 2. The summed E-state index contributed by atoms with van der Waals surface area (Å²) in [5.74, 6) is -6.84. The van der Waals surface area contributed by atoms with Crippen LogP contribution >= 0.6 is 0 Å². The molecule has 5 rings (SSSR count). The van der Waals surface area contributed by atoms with Crippen molar-refractivity contribution in [2.75, 3.05) is 0 Å². The van der Waals surface area contributed by atoms with Crippen LogP contribution < -0.4 is 0 Å². The van der Waals surface area contributed by atoms with E-state index in [9.17, 15) is 34.5 Å². The molecule has 4 aliphatic rings. The fourth-order valence-corrected chi connectivity index (χ4v) is 7.83. The number of ketones is 2. The van der Waals surface area contributed by atoms with Crippen LogP contribution in [0.15, 0.2) is 30.3 Å². The molecule has 3 aliphatic carbocycles. The predicted octanol–water partition coefficient (Wildman–Crippen LogP) is 1.43. The Hall–Kier alpha value is -2.66. The first-order valence-corrected chi connectivity index (χ1v) is 13.4. The minimum Gasteiger partial charge on any atom is -0.455 e. The standard InChI is InChI=1S/C29H36O10/c1-13-16(31)12-29(36)24(39-25(35)15-9-7-6-8-10-15)21-19-17(38-26(19)37-14(2)30)11-18(32)28(21,5)23(34)22(33)20(13)27(29,3)4/h6-10,13,16-21,24,26,31-32,36H,11-12H2,1-5H3/t13?,16-,17+,18-,19+,20?,21-,24-,26-,28+,29+/m0/s1. The number of hydrogen-bond acceptors (Lipinski definition) is 10. The predicted molar refractivity (Wildman–Crippen MR) is 134 cm³/mol. The van der Waals surface area contributed by atoms with Gasteiger partial charge >= 0.3 is 11.9 Å². The summed E-state index contributed by atoms with van der Waals surface area (Å²) >= 11 is 0. The van der Waals surface area contributed by atoms with E-state index >= 15 is 0 Å². The van der Waals surface area contributed by atoms with Gasteiger partial charge in [-0.1, -0.05) is 39.0 Å². The Balaban J connectivity index is 1.74. The third-order valence-electron chi connectivity index (χ3n) is 10.2. The van der Waals surface area contributed by atoms with Gasteiger partial charge in [-0.15, -0.1) is 0 Å². The van der Waals surface area contributed by atoms with Crippen LogP contribution in [0.25, 0.3) is 0 Å². The Kier molecular flexibility index (Phi) is 6.57. The molecule has 0 radical (unpaired) electrons. The van der Waals surface area contributed by atoms with Gasteiger partial charge in [0.05, 0.1) is 35.2 Å². The van der Waals surface area contributed by atoms with Crippen molar-refractivity contribution in [3.63, 3.8) is 0 Å². The van der Waals surface area contributed by atoms with Gasteiger partial charge in [0.25, 0.3) is 0 Å². The zero-order valence-corrected chi connectivity index (χ0v) is 22.7. The van der Waals surface area contributed by atoms with Crippen LogP contribution in [0.3, 0.4) is 0 Å². The zero-order valence-electron chi connectivity index (χ0n) is 22.7. The van der Waals surface area contributed by atoms with Crippen molar-refractivity contribution in [2.24, 2.45) is 34.5 Å². The number of benzene rings is 1. The van der Waals surface area contributed by atoms with Crippen LogP contribution in [0, 0.1) is 34.5 Å². The summed E-state index contributed by atoms with van der Waals surface area (Å²) in [6, 6.07) is 8.12. The number of hydrogen-bond donors (Lipinski definition) is 3. The average Bonchev–Trinajstić information content (AvgIpc) is 2.86. The highest BCUT2D eigenvalue weighted by Gasteiger charge is 2.75. The second-order valence-corrected chi connectivity index (χ2v) is 12.4. The largest absolute Gasteiger partial charge is 0.455 e. The summed E-state index contributed by atoms with van der Waals surface area (Å²) in [5, 5.41) is 35.1. The maximum absolute atomic E-state index is 14.2. The normalized spacial score (nSPS) is 44.6. The summed E-state index contributed by atoms with van der Waals surface area (Å²) < 4.78 is 17.2. The zero-order chi connectivity index (χ0) is 28.7. The van der Waals surface area contributed by atoms with Gasteiger partial charge in [0, 0.05) is 37.0 Å². The number of fused-ring (bicyclic) bond motifs is 5. The molecule has 0 aromatic heterocycles. The van der Waals surface area contributed by atoms with Crippen molar-refractivity contribution < 1.29 is 48.7 Å². The lowest BCUT2D eigenvalue weighted by Gasteiger charge is -2.65. The van der Waals surface area contributed by atoms with Crippen LogP contribution in [0.1, 0.15) is 57.8 Å². The van der Waals surface area contributed by atoms with E-state index in [-0.39, 0.29) is 18.4 Å². The summed E-state index contributed by atoms with van der Waals surface area (Å²) in [6.07, 6.45) is -6.11. The fraction of sp³-hybridized carbons (Fsp3) is 0.655. The Labute approximate surface area is 226 Å². The average molecular weight is 545 g/mol. The van der Waals surface area contributed by atoms with Gasteiger partial charge in [-0.2, -0.15) is 0 Å². The molecule has 1 aromatic rings. The first-order chi connectivity index (χ1) is 18.2. The molecule has 212 valence electrons. The number of rotatable bonds is 3. The molecule has 39 heavy (non-hydrogen) atoms. The van der Waals surface area contributed by atoms with Gasteiger partial charge in [-0.25, -0.2) is 4.79 Å². The molecule has 10 nitrogen and oxygen atoms in total. The van der Waals surface area contributed by atoms with Crippen LogP contribution in [-0.4, -0.2) is 75.1 Å². The van der Waals surface area contributed by atoms with Crippen molar-refractivity contribution in [1.82, 2.24) is 0 Å². The third-order valence-corrected chi connectivity index (χ3v) is 10.2. The van der Waals surface area contributed by atoms with Crippen molar-refractivity contribution in [1.29, 1.82) is 0 Å². The lowest BCUT2D eigenvalue weighted by atomic mass is 9.43. The SMILES string of the molecule is CC(=O)O[C@H]1O[C@@H]2C[C@H](O)[C@@]3(C)C(=O)C(=O)C4C(C)[C@@H](O)C[C@@](O)([C@@H](OC(=O)c5ccccc5)[C@@H]3[C@H]12)C4(C)C. The molecule has 1 heterocycles. The molecule has 3 saturated carbocycles. The maximum atomic E-state index is 14.2. The third kappa shape index (κ3) is 3.83. The van der Waals surface area contributed by atoms with Crippen molar-refractivity contribution in [3.8, 4) is 0 Å². The van der Waals surface area contributed by atoms with Crippen molar-refractivity contribution >= 4 is 23.5 Å². The van der Waals surface area contributed by atoms with Gasteiger partial charge in [-0.05, 0) is 25.0 Å². The second kappa shape index (κ2) is 9.19. The topological polar surface area (TPSA) is 157 Å². The van der Waals surface area contributed by atoms with E-state index in [1.165, 1.54) is 13.8 Å². The van der Waals surface area contributed by atoms with E-state index in [0.29, 0.717) is 0 Å². The molecule has 2 unspecified atom stereocenters. The molecule has 1 aromatic carbocycles. The van der Waals surface area contributed by atoms with E-state index in [2.05, 4.69) is 0 Å². The van der Waals surface area contributed by atoms with Gasteiger partial charge < -0.3 is 29.5 Å². The van der Waals surface area contributed by atoms with Crippen LogP contribution in [0.4, 0.5) is 0 Å². The Morgan fingerprint density at radius 3 is 2.31 bits per heavy atom. The molecule has 1 saturated heterocycles. The summed E-state index contributed by atoms with van der Waals surface area (Å²) in [5.41, 5.74) is -4.94. The number of ether oxygens (including phenoxy) is 3. The van der Waals surface area contributed by atoms with E-state index in [0.717, 1.165) is 0 Å². The summed E-state index contributed by atoms with van der Waals surface area (Å²) in [6.45, 7) is 7.57. The minimum atomic E-state index is -2.01. The first-order valence-electron chi connectivity index (χ1n) is 13.4. The van der Waals surface area contributed by atoms with Crippen molar-refractivity contribution in [2.45, 2.75) is 83.8 Å². The second-order valence-electron chi connectivity index (χ2n) is 12.4. The molecule has 10 heteroatoms. The van der Waals surface area contributed by atoms with Crippen LogP contribution in [0.5, 0.6) is 0 Å². The molecule has 1 aliphatic heterocycles. The molecule has 2 bridgehead atoms.